The van der Waals surface area contributed by atoms with E-state index in [9.17, 15) is 13.2 Å². The smallest absolute Gasteiger partial charge is 0.246 e. The summed E-state index contributed by atoms with van der Waals surface area (Å²) in [6.07, 6.45) is 1.08. The zero-order chi connectivity index (χ0) is 19.3. The van der Waals surface area contributed by atoms with Crippen molar-refractivity contribution in [3.05, 3.63) is 54.1 Å². The SMILES string of the molecule is CC[C@@H](C)c1ccc(N[C@@H](C)C(=O)Nc2ccc(S(N)(=O)=O)cc2)cc1. The average molecular weight is 375 g/mol. The maximum atomic E-state index is 12.3. The standard InChI is InChI=1S/C19H25N3O3S/c1-4-13(2)15-5-7-16(8-6-15)21-14(3)19(23)22-17-9-11-18(12-10-17)26(20,24)25/h5-14,21H,4H2,1-3H3,(H,22,23)(H2,20,24,25)/t13-,14+/m1/s1. The molecule has 4 N–H and O–H groups in total. The van der Waals surface area contributed by atoms with Gasteiger partial charge in [-0.3, -0.25) is 4.79 Å². The molecule has 6 nitrogen and oxygen atoms in total. The molecule has 0 fully saturated rings. The van der Waals surface area contributed by atoms with Gasteiger partial charge in [0.2, 0.25) is 15.9 Å². The maximum absolute atomic E-state index is 12.3. The van der Waals surface area contributed by atoms with Crippen LogP contribution in [0.15, 0.2) is 53.4 Å². The van der Waals surface area contributed by atoms with E-state index in [0.717, 1.165) is 12.1 Å². The number of primary sulfonamides is 1. The molecule has 0 radical (unpaired) electrons. The summed E-state index contributed by atoms with van der Waals surface area (Å²) in [6, 6.07) is 13.3. The van der Waals surface area contributed by atoms with Gasteiger partial charge < -0.3 is 10.6 Å². The fourth-order valence-corrected chi connectivity index (χ4v) is 2.95. The van der Waals surface area contributed by atoms with Crippen LogP contribution in [-0.4, -0.2) is 20.4 Å². The number of hydrogen-bond acceptors (Lipinski definition) is 4. The molecule has 0 saturated carbocycles. The number of carbonyl (C=O) groups is 1. The van der Waals surface area contributed by atoms with Crippen LogP contribution in [-0.2, 0) is 14.8 Å². The summed E-state index contributed by atoms with van der Waals surface area (Å²) in [7, 11) is -3.74. The van der Waals surface area contributed by atoms with Gasteiger partial charge in [-0.1, -0.05) is 26.0 Å². The van der Waals surface area contributed by atoms with Gasteiger partial charge in [0.15, 0.2) is 0 Å². The monoisotopic (exact) mass is 375 g/mol. The van der Waals surface area contributed by atoms with Crippen LogP contribution in [0.5, 0.6) is 0 Å². The van der Waals surface area contributed by atoms with Gasteiger partial charge in [0.05, 0.1) is 4.90 Å². The molecule has 0 aliphatic carbocycles. The molecule has 2 atom stereocenters. The first-order valence-corrected chi connectivity index (χ1v) is 10.1. The van der Waals surface area contributed by atoms with Crippen molar-refractivity contribution in [1.29, 1.82) is 0 Å². The molecule has 1 amide bonds. The van der Waals surface area contributed by atoms with E-state index in [1.807, 2.05) is 12.1 Å². The van der Waals surface area contributed by atoms with Gasteiger partial charge in [-0.25, -0.2) is 13.6 Å². The molecular weight excluding hydrogens is 350 g/mol. The number of sulfonamides is 1. The first-order chi connectivity index (χ1) is 12.2. The van der Waals surface area contributed by atoms with Crippen molar-refractivity contribution in [3.8, 4) is 0 Å². The van der Waals surface area contributed by atoms with Gasteiger partial charge in [0.1, 0.15) is 6.04 Å². The molecule has 0 aliphatic rings. The van der Waals surface area contributed by atoms with Crippen molar-refractivity contribution in [2.75, 3.05) is 10.6 Å². The molecule has 2 rings (SSSR count). The van der Waals surface area contributed by atoms with Gasteiger partial charge in [0.25, 0.3) is 0 Å². The van der Waals surface area contributed by atoms with Crippen LogP contribution >= 0.6 is 0 Å². The zero-order valence-electron chi connectivity index (χ0n) is 15.2. The number of nitrogens with two attached hydrogens (primary N) is 1. The molecule has 0 heterocycles. The van der Waals surface area contributed by atoms with Crippen LogP contribution in [0.25, 0.3) is 0 Å². The highest BCUT2D eigenvalue weighted by Gasteiger charge is 2.14. The number of amides is 1. The molecule has 0 aliphatic heterocycles. The molecule has 2 aromatic carbocycles. The first-order valence-electron chi connectivity index (χ1n) is 8.51. The number of anilines is 2. The molecule has 2 aromatic rings. The molecule has 0 spiro atoms. The predicted octanol–water partition coefficient (Wildman–Crippen LogP) is 3.29. The van der Waals surface area contributed by atoms with Crippen LogP contribution in [0.1, 0.15) is 38.7 Å². The van der Waals surface area contributed by atoms with Crippen molar-refractivity contribution in [3.63, 3.8) is 0 Å². The van der Waals surface area contributed by atoms with Crippen LogP contribution in [0.4, 0.5) is 11.4 Å². The van der Waals surface area contributed by atoms with Crippen LogP contribution in [0.2, 0.25) is 0 Å². The van der Waals surface area contributed by atoms with Gasteiger partial charge >= 0.3 is 0 Å². The quantitative estimate of drug-likeness (QED) is 0.691. The Morgan fingerprint density at radius 1 is 1.00 bits per heavy atom. The van der Waals surface area contributed by atoms with Gasteiger partial charge in [-0.05, 0) is 61.2 Å². The van der Waals surface area contributed by atoms with Gasteiger partial charge in [-0.2, -0.15) is 0 Å². The summed E-state index contributed by atoms with van der Waals surface area (Å²) in [5.74, 6) is 0.282. The molecular formula is C19H25N3O3S. The zero-order valence-corrected chi connectivity index (χ0v) is 16.0. The van der Waals surface area contributed by atoms with E-state index in [4.69, 9.17) is 5.14 Å². The number of nitrogens with one attached hydrogen (secondary N) is 2. The second kappa shape index (κ2) is 8.33. The summed E-state index contributed by atoms with van der Waals surface area (Å²) in [5.41, 5.74) is 2.64. The largest absolute Gasteiger partial charge is 0.374 e. The van der Waals surface area contributed by atoms with Crippen molar-refractivity contribution in [2.24, 2.45) is 5.14 Å². The topological polar surface area (TPSA) is 101 Å². The van der Waals surface area contributed by atoms with Gasteiger partial charge in [-0.15, -0.1) is 0 Å². The Labute approximate surface area is 154 Å². The Bertz CT molecular complexity index is 847. The van der Waals surface area contributed by atoms with E-state index in [0.29, 0.717) is 11.6 Å². The fourth-order valence-electron chi connectivity index (χ4n) is 2.44. The Balaban J connectivity index is 1.97. The van der Waals surface area contributed by atoms with E-state index in [1.165, 1.54) is 29.8 Å². The fraction of sp³-hybridized carbons (Fsp3) is 0.316. The summed E-state index contributed by atoms with van der Waals surface area (Å²) < 4.78 is 22.5. The Morgan fingerprint density at radius 2 is 1.54 bits per heavy atom. The number of rotatable bonds is 7. The van der Waals surface area contributed by atoms with Crippen molar-refractivity contribution < 1.29 is 13.2 Å². The highest BCUT2D eigenvalue weighted by molar-refractivity contribution is 7.89. The summed E-state index contributed by atoms with van der Waals surface area (Å²) in [6.45, 7) is 6.09. The van der Waals surface area contributed by atoms with E-state index in [-0.39, 0.29) is 10.8 Å². The van der Waals surface area contributed by atoms with Gasteiger partial charge in [0, 0.05) is 11.4 Å². The number of carbonyl (C=O) groups excluding carboxylic acids is 1. The Hall–Kier alpha value is -2.38. The lowest BCUT2D eigenvalue weighted by molar-refractivity contribution is -0.116. The third-order valence-corrected chi connectivity index (χ3v) is 5.25. The minimum atomic E-state index is -3.74. The third kappa shape index (κ3) is 5.31. The Morgan fingerprint density at radius 3 is 2.04 bits per heavy atom. The summed E-state index contributed by atoms with van der Waals surface area (Å²) >= 11 is 0. The van der Waals surface area contributed by atoms with Crippen LogP contribution in [0.3, 0.4) is 0 Å². The molecule has 26 heavy (non-hydrogen) atoms. The van der Waals surface area contributed by atoms with Crippen molar-refractivity contribution in [2.45, 2.75) is 44.0 Å². The van der Waals surface area contributed by atoms with E-state index >= 15 is 0 Å². The third-order valence-electron chi connectivity index (χ3n) is 4.32. The molecule has 0 aromatic heterocycles. The predicted molar refractivity (Wildman–Crippen MR) is 105 cm³/mol. The summed E-state index contributed by atoms with van der Waals surface area (Å²) in [4.78, 5) is 12.3. The Kier molecular flexibility index (Phi) is 6.39. The average Bonchev–Trinajstić information content (AvgIpc) is 2.61. The minimum absolute atomic E-state index is 0.00284. The molecule has 0 unspecified atom stereocenters. The highest BCUT2D eigenvalue weighted by Crippen LogP contribution is 2.21. The maximum Gasteiger partial charge on any atom is 0.246 e. The second-order valence-corrected chi connectivity index (χ2v) is 7.92. The lowest BCUT2D eigenvalue weighted by atomic mass is 9.98. The van der Waals surface area contributed by atoms with Crippen LogP contribution in [0, 0.1) is 0 Å². The lowest BCUT2D eigenvalue weighted by Crippen LogP contribution is -2.31. The van der Waals surface area contributed by atoms with Crippen LogP contribution < -0.4 is 15.8 Å². The first kappa shape index (κ1) is 19.9. The van der Waals surface area contributed by atoms with E-state index in [1.54, 1.807) is 6.92 Å². The van der Waals surface area contributed by atoms with E-state index in [2.05, 4.69) is 36.6 Å². The molecule has 7 heteroatoms. The minimum Gasteiger partial charge on any atom is -0.374 e. The molecule has 0 saturated heterocycles. The van der Waals surface area contributed by atoms with Crippen molar-refractivity contribution >= 4 is 27.3 Å². The normalized spacial score (nSPS) is 13.7. The highest BCUT2D eigenvalue weighted by atomic mass is 32.2. The second-order valence-electron chi connectivity index (χ2n) is 6.36. The molecule has 140 valence electrons. The number of hydrogen-bond donors (Lipinski definition) is 3. The number of benzene rings is 2. The molecule has 0 bridgehead atoms. The lowest BCUT2D eigenvalue weighted by Gasteiger charge is -2.16. The van der Waals surface area contributed by atoms with Crippen molar-refractivity contribution in [1.82, 2.24) is 0 Å². The van der Waals surface area contributed by atoms with E-state index < -0.39 is 16.1 Å². The summed E-state index contributed by atoms with van der Waals surface area (Å²) in [5, 5.41) is 11.0.